The van der Waals surface area contributed by atoms with Crippen LogP contribution in [0, 0.1) is 18.6 Å². The van der Waals surface area contributed by atoms with E-state index in [1.807, 2.05) is 0 Å². The fraction of sp³-hybridized carbons (Fsp3) is 0.0385. The first-order chi connectivity index (χ1) is 18.4. The van der Waals surface area contributed by atoms with Crippen molar-refractivity contribution in [3.63, 3.8) is 0 Å². The Morgan fingerprint density at radius 1 is 1.05 bits per heavy atom. The molecule has 6 rings (SSSR count). The Labute approximate surface area is 216 Å². The maximum Gasteiger partial charge on any atom is 0.269 e. The number of thiazole rings is 1. The number of aromatic amines is 1. The molecule has 0 atom stereocenters. The van der Waals surface area contributed by atoms with E-state index in [9.17, 15) is 18.4 Å². The quantitative estimate of drug-likeness (QED) is 0.311. The van der Waals surface area contributed by atoms with Crippen LogP contribution in [0.25, 0.3) is 27.1 Å². The molecule has 2 aromatic carbocycles. The Hall–Kier alpha value is -4.97. The molecule has 0 saturated heterocycles. The first-order valence-electron chi connectivity index (χ1n) is 11.2. The van der Waals surface area contributed by atoms with Gasteiger partial charge in [-0.2, -0.15) is 5.10 Å². The number of pyridine rings is 2. The number of ether oxygens (including phenoxy) is 1. The molecular weight excluding hydrogens is 514 g/mol. The molecule has 9 nitrogen and oxygen atoms in total. The summed E-state index contributed by atoms with van der Waals surface area (Å²) in [5.41, 5.74) is 2.78. The molecule has 0 aliphatic carbocycles. The summed E-state index contributed by atoms with van der Waals surface area (Å²) in [5.74, 6) is -1.64. The van der Waals surface area contributed by atoms with E-state index in [-0.39, 0.29) is 17.0 Å². The maximum atomic E-state index is 15.0. The highest BCUT2D eigenvalue weighted by atomic mass is 32.1. The summed E-state index contributed by atoms with van der Waals surface area (Å²) >= 11 is 1.21. The highest BCUT2D eigenvalue weighted by Gasteiger charge is 2.19. The number of benzene rings is 2. The van der Waals surface area contributed by atoms with Gasteiger partial charge in [0.25, 0.3) is 11.5 Å². The molecule has 2 N–H and O–H groups in total. The molecule has 0 aliphatic rings. The van der Waals surface area contributed by atoms with E-state index >= 15 is 0 Å². The average Bonchev–Trinajstić information content (AvgIpc) is 3.53. The third-order valence-corrected chi connectivity index (χ3v) is 6.66. The van der Waals surface area contributed by atoms with E-state index in [0.29, 0.717) is 38.5 Å². The van der Waals surface area contributed by atoms with Gasteiger partial charge in [0.15, 0.2) is 17.2 Å². The Balaban J connectivity index is 1.30. The number of hydrogen-bond acceptors (Lipinski definition) is 7. The Kier molecular flexibility index (Phi) is 5.65. The molecule has 0 radical (unpaired) electrons. The average molecular weight is 531 g/mol. The Bertz CT molecular complexity index is 1910. The SMILES string of the molecule is Cc1n[nH]c2nccc(Oc3ccc(NC(=O)c4cc5ncsc5n(-c5ccc(F)cc5)c4=O)cc3F)c12. The number of aromatic nitrogens is 5. The van der Waals surface area contributed by atoms with Gasteiger partial charge in [0.05, 0.1) is 27.8 Å². The summed E-state index contributed by atoms with van der Waals surface area (Å²) in [7, 11) is 0. The molecule has 0 spiro atoms. The Morgan fingerprint density at radius 2 is 1.87 bits per heavy atom. The van der Waals surface area contributed by atoms with Gasteiger partial charge in [0, 0.05) is 18.0 Å². The highest BCUT2D eigenvalue weighted by molar-refractivity contribution is 7.16. The summed E-state index contributed by atoms with van der Waals surface area (Å²) in [6.07, 6.45) is 1.51. The van der Waals surface area contributed by atoms with Crippen LogP contribution < -0.4 is 15.6 Å². The van der Waals surface area contributed by atoms with E-state index in [0.717, 1.165) is 6.07 Å². The van der Waals surface area contributed by atoms with Crippen molar-refractivity contribution < 1.29 is 18.3 Å². The summed E-state index contributed by atoms with van der Waals surface area (Å²) < 4.78 is 35.5. The minimum atomic E-state index is -0.751. The number of hydrogen-bond donors (Lipinski definition) is 2. The molecule has 0 unspecified atom stereocenters. The number of H-pyrrole nitrogens is 1. The van der Waals surface area contributed by atoms with Crippen LogP contribution in [0.1, 0.15) is 16.1 Å². The lowest BCUT2D eigenvalue weighted by Gasteiger charge is -2.12. The van der Waals surface area contributed by atoms with Gasteiger partial charge in [-0.3, -0.25) is 19.3 Å². The largest absolute Gasteiger partial charge is 0.453 e. The predicted octanol–water partition coefficient (Wildman–Crippen LogP) is 5.35. The van der Waals surface area contributed by atoms with Gasteiger partial charge in [0.2, 0.25) is 0 Å². The van der Waals surface area contributed by atoms with E-state index in [1.165, 1.54) is 64.6 Å². The molecule has 4 heterocycles. The van der Waals surface area contributed by atoms with Gasteiger partial charge in [-0.05, 0) is 55.5 Å². The van der Waals surface area contributed by atoms with Crippen molar-refractivity contribution in [1.82, 2.24) is 24.7 Å². The van der Waals surface area contributed by atoms with Crippen LogP contribution in [-0.2, 0) is 0 Å². The summed E-state index contributed by atoms with van der Waals surface area (Å²) in [6.45, 7) is 1.77. The lowest BCUT2D eigenvalue weighted by atomic mass is 10.2. The van der Waals surface area contributed by atoms with Crippen molar-refractivity contribution in [1.29, 1.82) is 0 Å². The number of amides is 1. The lowest BCUT2D eigenvalue weighted by molar-refractivity contribution is 0.102. The first kappa shape index (κ1) is 23.4. The van der Waals surface area contributed by atoms with Crippen molar-refractivity contribution in [3.05, 3.63) is 99.6 Å². The fourth-order valence-electron chi connectivity index (χ4n) is 4.05. The number of carbonyl (C=O) groups excluding carboxylic acids is 1. The van der Waals surface area contributed by atoms with Crippen LogP contribution in [0.3, 0.4) is 0 Å². The normalized spacial score (nSPS) is 11.2. The number of nitrogens with zero attached hydrogens (tertiary/aromatic N) is 4. The monoisotopic (exact) mass is 530 g/mol. The third-order valence-electron chi connectivity index (χ3n) is 5.84. The number of rotatable bonds is 5. The van der Waals surface area contributed by atoms with E-state index in [4.69, 9.17) is 4.74 Å². The number of halogens is 2. The van der Waals surface area contributed by atoms with E-state index < -0.39 is 23.1 Å². The smallest absolute Gasteiger partial charge is 0.269 e. The predicted molar refractivity (Wildman–Crippen MR) is 138 cm³/mol. The standard InChI is InChI=1S/C26H16F2N6O3S/c1-13-22-21(8-9-29-23(22)33-32-13)37-20-7-4-15(10-18(20)28)31-24(35)17-11-19-26(38-12-30-19)34(25(17)36)16-5-2-14(27)3-6-16/h2-12H,1H3,(H,31,35)(H,29,32,33). The van der Waals surface area contributed by atoms with Crippen molar-refractivity contribution in [3.8, 4) is 17.2 Å². The van der Waals surface area contributed by atoms with Crippen molar-refractivity contribution in [2.75, 3.05) is 5.32 Å². The van der Waals surface area contributed by atoms with Gasteiger partial charge >= 0.3 is 0 Å². The lowest BCUT2D eigenvalue weighted by Crippen LogP contribution is -2.28. The molecule has 0 bridgehead atoms. The zero-order valence-electron chi connectivity index (χ0n) is 19.5. The van der Waals surface area contributed by atoms with Crippen LogP contribution in [0.15, 0.2) is 71.1 Å². The van der Waals surface area contributed by atoms with Gasteiger partial charge in [0.1, 0.15) is 22.0 Å². The first-order valence-corrected chi connectivity index (χ1v) is 12.1. The van der Waals surface area contributed by atoms with Crippen LogP contribution in [0.4, 0.5) is 14.5 Å². The number of nitrogens with one attached hydrogen (secondary N) is 2. The van der Waals surface area contributed by atoms with Crippen LogP contribution in [-0.4, -0.2) is 30.6 Å². The number of fused-ring (bicyclic) bond motifs is 2. The van der Waals surface area contributed by atoms with E-state index in [2.05, 4.69) is 25.5 Å². The molecule has 6 aromatic rings. The molecule has 0 aliphatic heterocycles. The minimum absolute atomic E-state index is 0.0707. The van der Waals surface area contributed by atoms with Gasteiger partial charge in [-0.25, -0.2) is 18.7 Å². The van der Waals surface area contributed by atoms with Crippen LogP contribution in [0.5, 0.6) is 11.5 Å². The maximum absolute atomic E-state index is 15.0. The summed E-state index contributed by atoms with van der Waals surface area (Å²) in [5, 5.41) is 10.0. The van der Waals surface area contributed by atoms with Crippen LogP contribution >= 0.6 is 11.3 Å². The second-order valence-corrected chi connectivity index (χ2v) is 9.09. The zero-order valence-corrected chi connectivity index (χ0v) is 20.3. The molecule has 4 aromatic heterocycles. The van der Waals surface area contributed by atoms with Crippen LogP contribution in [0.2, 0.25) is 0 Å². The number of carbonyl (C=O) groups is 1. The van der Waals surface area contributed by atoms with Gasteiger partial charge < -0.3 is 10.1 Å². The Morgan fingerprint density at radius 3 is 2.66 bits per heavy atom. The molecule has 12 heteroatoms. The number of anilines is 1. The van der Waals surface area contributed by atoms with Crippen molar-refractivity contribution in [2.45, 2.75) is 6.92 Å². The fourth-order valence-corrected chi connectivity index (χ4v) is 4.84. The van der Waals surface area contributed by atoms with E-state index in [1.54, 1.807) is 18.5 Å². The number of aryl methyl sites for hydroxylation is 1. The molecular formula is C26H16F2N6O3S. The summed E-state index contributed by atoms with van der Waals surface area (Å²) in [4.78, 5) is 35.3. The molecule has 0 fully saturated rings. The minimum Gasteiger partial charge on any atom is -0.453 e. The third kappa shape index (κ3) is 4.06. The molecule has 38 heavy (non-hydrogen) atoms. The van der Waals surface area contributed by atoms with Crippen molar-refractivity contribution >= 4 is 44.3 Å². The zero-order chi connectivity index (χ0) is 26.4. The van der Waals surface area contributed by atoms with Crippen molar-refractivity contribution in [2.24, 2.45) is 0 Å². The summed E-state index contributed by atoms with van der Waals surface area (Å²) in [6, 6.07) is 12.2. The second kappa shape index (κ2) is 9.16. The van der Waals surface area contributed by atoms with Gasteiger partial charge in [-0.15, -0.1) is 11.3 Å². The highest BCUT2D eigenvalue weighted by Crippen LogP contribution is 2.32. The second-order valence-electron chi connectivity index (χ2n) is 8.26. The topological polar surface area (TPSA) is 115 Å². The van der Waals surface area contributed by atoms with Gasteiger partial charge in [-0.1, -0.05) is 0 Å². The molecule has 0 saturated carbocycles. The molecule has 188 valence electrons. The molecule has 1 amide bonds.